The molecular weight excluding hydrogens is 342 g/mol. The predicted octanol–water partition coefficient (Wildman–Crippen LogP) is 4.66. The van der Waals surface area contributed by atoms with Crippen LogP contribution in [0, 0.1) is 0 Å². The number of halogens is 1. The molecule has 1 N–H and O–H groups in total. The van der Waals surface area contributed by atoms with Crippen LogP contribution >= 0.6 is 11.6 Å². The Morgan fingerprint density at radius 1 is 1.20 bits per heavy atom. The van der Waals surface area contributed by atoms with Crippen molar-refractivity contribution in [3.05, 3.63) is 53.1 Å². The molecule has 0 saturated carbocycles. The molecule has 0 aliphatic carbocycles. The van der Waals surface area contributed by atoms with Crippen molar-refractivity contribution in [1.82, 2.24) is 4.98 Å². The van der Waals surface area contributed by atoms with Crippen LogP contribution in [0.25, 0.3) is 22.2 Å². The number of hydrogen-bond donors (Lipinski definition) is 1. The fourth-order valence-electron chi connectivity index (χ4n) is 2.63. The summed E-state index contributed by atoms with van der Waals surface area (Å²) < 4.78 is 10.9. The third kappa shape index (κ3) is 3.37. The maximum absolute atomic E-state index is 11.8. The lowest BCUT2D eigenvalue weighted by Gasteiger charge is -2.13. The normalized spacial score (nSPS) is 10.7. The molecule has 0 bridgehead atoms. The summed E-state index contributed by atoms with van der Waals surface area (Å²) in [7, 11) is 1.53. The molecule has 6 heteroatoms. The van der Waals surface area contributed by atoms with Gasteiger partial charge in [-0.05, 0) is 31.2 Å². The van der Waals surface area contributed by atoms with Crippen LogP contribution in [-0.4, -0.2) is 29.8 Å². The Morgan fingerprint density at radius 3 is 2.64 bits per heavy atom. The number of methoxy groups -OCH3 is 1. The highest BCUT2D eigenvalue weighted by Gasteiger charge is 2.17. The van der Waals surface area contributed by atoms with Gasteiger partial charge >= 0.3 is 5.97 Å². The van der Waals surface area contributed by atoms with Crippen LogP contribution < -0.4 is 9.47 Å². The number of aromatic carboxylic acids is 1. The minimum atomic E-state index is -1.04. The number of carboxylic acids is 1. The van der Waals surface area contributed by atoms with Gasteiger partial charge in [-0.15, -0.1) is 0 Å². The number of rotatable bonds is 5. The molecule has 0 saturated heterocycles. The SMILES string of the molecule is CCOc1cc2c(C(=O)O)cc(-c3cccc(Cl)c3)nc2cc1OC. The van der Waals surface area contributed by atoms with Gasteiger partial charge in [0.15, 0.2) is 11.5 Å². The quantitative estimate of drug-likeness (QED) is 0.719. The van der Waals surface area contributed by atoms with Crippen molar-refractivity contribution in [3.8, 4) is 22.8 Å². The number of carbonyl (C=O) groups is 1. The van der Waals surface area contributed by atoms with E-state index < -0.39 is 5.97 Å². The fourth-order valence-corrected chi connectivity index (χ4v) is 2.82. The topological polar surface area (TPSA) is 68.7 Å². The van der Waals surface area contributed by atoms with E-state index in [0.717, 1.165) is 5.56 Å². The third-order valence-corrected chi connectivity index (χ3v) is 3.98. The van der Waals surface area contributed by atoms with Crippen molar-refractivity contribution in [2.45, 2.75) is 6.92 Å². The van der Waals surface area contributed by atoms with Gasteiger partial charge in [0.05, 0.1) is 30.5 Å². The summed E-state index contributed by atoms with van der Waals surface area (Å²) >= 11 is 6.04. The molecule has 0 fully saturated rings. The van der Waals surface area contributed by atoms with E-state index in [1.165, 1.54) is 7.11 Å². The Kier molecular flexibility index (Phi) is 4.76. The number of hydrogen-bond acceptors (Lipinski definition) is 4. The minimum Gasteiger partial charge on any atom is -0.493 e. The lowest BCUT2D eigenvalue weighted by molar-refractivity contribution is 0.0699. The fraction of sp³-hybridized carbons (Fsp3) is 0.158. The molecule has 0 spiro atoms. The van der Waals surface area contributed by atoms with Crippen LogP contribution in [0.1, 0.15) is 17.3 Å². The molecule has 0 unspecified atom stereocenters. The average molecular weight is 358 g/mol. The van der Waals surface area contributed by atoms with Crippen LogP contribution in [-0.2, 0) is 0 Å². The first-order valence-corrected chi connectivity index (χ1v) is 8.06. The predicted molar refractivity (Wildman–Crippen MR) is 96.9 cm³/mol. The standard InChI is InChI=1S/C19H16ClNO4/c1-3-25-18-9-13-14(19(22)23)8-15(11-5-4-6-12(20)7-11)21-16(13)10-17(18)24-2/h4-10H,3H2,1-2H3,(H,22,23). The number of nitrogens with zero attached hydrogens (tertiary/aromatic N) is 1. The lowest BCUT2D eigenvalue weighted by atomic mass is 10.0. The molecule has 2 aromatic carbocycles. The van der Waals surface area contributed by atoms with Crippen molar-refractivity contribution in [2.24, 2.45) is 0 Å². The van der Waals surface area contributed by atoms with E-state index in [-0.39, 0.29) is 5.56 Å². The summed E-state index contributed by atoms with van der Waals surface area (Å²) in [4.78, 5) is 16.3. The zero-order valence-corrected chi connectivity index (χ0v) is 14.5. The molecule has 5 nitrogen and oxygen atoms in total. The number of fused-ring (bicyclic) bond motifs is 1. The van der Waals surface area contributed by atoms with E-state index in [0.29, 0.717) is 39.7 Å². The monoisotopic (exact) mass is 357 g/mol. The largest absolute Gasteiger partial charge is 0.493 e. The molecule has 0 radical (unpaired) electrons. The Bertz CT molecular complexity index is 956. The highest BCUT2D eigenvalue weighted by Crippen LogP contribution is 2.35. The van der Waals surface area contributed by atoms with Crippen molar-refractivity contribution < 1.29 is 19.4 Å². The van der Waals surface area contributed by atoms with Crippen LogP contribution in [0.15, 0.2) is 42.5 Å². The highest BCUT2D eigenvalue weighted by atomic mass is 35.5. The molecule has 1 aromatic heterocycles. The summed E-state index contributed by atoms with van der Waals surface area (Å²) in [6.07, 6.45) is 0. The van der Waals surface area contributed by atoms with Gasteiger partial charge in [0, 0.05) is 22.0 Å². The van der Waals surface area contributed by atoms with Crippen molar-refractivity contribution >= 4 is 28.5 Å². The lowest BCUT2D eigenvalue weighted by Crippen LogP contribution is -2.02. The van der Waals surface area contributed by atoms with E-state index in [2.05, 4.69) is 4.98 Å². The summed E-state index contributed by atoms with van der Waals surface area (Å²) in [6.45, 7) is 2.29. The maximum atomic E-state index is 11.8. The number of aromatic nitrogens is 1. The van der Waals surface area contributed by atoms with Crippen LogP contribution in [0.5, 0.6) is 11.5 Å². The first-order valence-electron chi connectivity index (χ1n) is 7.68. The van der Waals surface area contributed by atoms with Crippen LogP contribution in [0.3, 0.4) is 0 Å². The van der Waals surface area contributed by atoms with Gasteiger partial charge in [-0.3, -0.25) is 0 Å². The van der Waals surface area contributed by atoms with Crippen molar-refractivity contribution in [3.63, 3.8) is 0 Å². The van der Waals surface area contributed by atoms with Crippen molar-refractivity contribution in [2.75, 3.05) is 13.7 Å². The molecule has 0 aliphatic rings. The van der Waals surface area contributed by atoms with Gasteiger partial charge in [-0.2, -0.15) is 0 Å². The van der Waals surface area contributed by atoms with E-state index in [9.17, 15) is 9.90 Å². The summed E-state index contributed by atoms with van der Waals surface area (Å²) in [5.74, 6) is -0.0537. The number of ether oxygens (including phenoxy) is 2. The molecule has 0 aliphatic heterocycles. The van der Waals surface area contributed by atoms with E-state index in [1.54, 1.807) is 36.4 Å². The minimum absolute atomic E-state index is 0.142. The van der Waals surface area contributed by atoms with Gasteiger partial charge in [0.1, 0.15) is 0 Å². The van der Waals surface area contributed by atoms with Gasteiger partial charge in [0.25, 0.3) is 0 Å². The van der Waals surface area contributed by atoms with Crippen LogP contribution in [0.4, 0.5) is 0 Å². The summed E-state index contributed by atoms with van der Waals surface area (Å²) in [5, 5.41) is 10.7. The smallest absolute Gasteiger partial charge is 0.336 e. The zero-order chi connectivity index (χ0) is 18.0. The van der Waals surface area contributed by atoms with Gasteiger partial charge < -0.3 is 14.6 Å². The number of pyridine rings is 1. The molecule has 0 amide bonds. The molecular formula is C19H16ClNO4. The van der Waals surface area contributed by atoms with Crippen molar-refractivity contribution in [1.29, 1.82) is 0 Å². The molecule has 128 valence electrons. The first kappa shape index (κ1) is 17.0. The van der Waals surface area contributed by atoms with E-state index in [1.807, 2.05) is 13.0 Å². The molecule has 25 heavy (non-hydrogen) atoms. The zero-order valence-electron chi connectivity index (χ0n) is 13.7. The third-order valence-electron chi connectivity index (χ3n) is 3.74. The second-order valence-corrected chi connectivity index (χ2v) is 5.76. The summed E-state index contributed by atoms with van der Waals surface area (Å²) in [5.41, 5.74) is 1.92. The van der Waals surface area contributed by atoms with Gasteiger partial charge in [-0.25, -0.2) is 9.78 Å². The highest BCUT2D eigenvalue weighted by molar-refractivity contribution is 6.30. The average Bonchev–Trinajstić information content (AvgIpc) is 2.60. The van der Waals surface area contributed by atoms with E-state index in [4.69, 9.17) is 21.1 Å². The molecule has 0 atom stereocenters. The summed E-state index contributed by atoms with van der Waals surface area (Å²) in [6, 6.07) is 12.0. The van der Waals surface area contributed by atoms with E-state index >= 15 is 0 Å². The Hall–Kier alpha value is -2.79. The second-order valence-electron chi connectivity index (χ2n) is 5.32. The second kappa shape index (κ2) is 6.99. The first-order chi connectivity index (χ1) is 12.0. The van der Waals surface area contributed by atoms with Gasteiger partial charge in [0.2, 0.25) is 0 Å². The molecule has 3 rings (SSSR count). The molecule has 3 aromatic rings. The Labute approximate surface area is 149 Å². The maximum Gasteiger partial charge on any atom is 0.336 e. The Balaban J connectivity index is 2.29. The Morgan fingerprint density at radius 2 is 2.00 bits per heavy atom. The van der Waals surface area contributed by atoms with Gasteiger partial charge in [-0.1, -0.05) is 23.7 Å². The number of carboxylic acid groups (broad SMARTS) is 1. The molecule has 1 heterocycles. The van der Waals surface area contributed by atoms with Crippen LogP contribution in [0.2, 0.25) is 5.02 Å². The number of benzene rings is 2.